The molecule has 6 nitrogen and oxygen atoms in total. The van der Waals surface area contributed by atoms with E-state index in [0.717, 1.165) is 0 Å². The number of benzene rings is 2. The van der Waals surface area contributed by atoms with Crippen molar-refractivity contribution in [2.45, 2.75) is 26.3 Å². The second-order valence-electron chi connectivity index (χ2n) is 7.94. The Bertz CT molecular complexity index is 992. The first-order chi connectivity index (χ1) is 15.3. The number of methoxy groups -OCH3 is 1. The highest BCUT2D eigenvalue weighted by molar-refractivity contribution is 6.03. The number of hydrogen-bond donors (Lipinski definition) is 0. The quantitative estimate of drug-likeness (QED) is 0.624. The predicted octanol–water partition coefficient (Wildman–Crippen LogP) is 3.77. The molecular formula is C24H27F2N3O3. The standard InChI is InChI=1S/C24H27F2N3O3/c1-16(2)24(31)28(12-13-32-3)15-23(30)29-22(19-6-4-5-7-20(19)26)14-21(27-29)17-8-10-18(25)11-9-17/h4-11,16,22H,12-15H2,1-3H3. The topological polar surface area (TPSA) is 62.2 Å². The van der Waals surface area contributed by atoms with E-state index in [-0.39, 0.29) is 43.8 Å². The summed E-state index contributed by atoms with van der Waals surface area (Å²) in [6.45, 7) is 3.86. The zero-order valence-corrected chi connectivity index (χ0v) is 18.4. The molecule has 1 unspecified atom stereocenters. The SMILES string of the molecule is COCCN(CC(=O)N1N=C(c2ccc(F)cc2)CC1c1ccccc1F)C(=O)C(C)C. The monoisotopic (exact) mass is 443 g/mol. The van der Waals surface area contributed by atoms with Gasteiger partial charge in [0, 0.05) is 31.6 Å². The lowest BCUT2D eigenvalue weighted by Crippen LogP contribution is -2.44. The minimum Gasteiger partial charge on any atom is -0.383 e. The number of hydrazone groups is 1. The summed E-state index contributed by atoms with van der Waals surface area (Å²) in [6, 6.07) is 11.3. The van der Waals surface area contributed by atoms with E-state index in [1.165, 1.54) is 35.2 Å². The number of rotatable bonds is 8. The molecule has 0 aromatic heterocycles. The van der Waals surface area contributed by atoms with Gasteiger partial charge in [0.05, 0.1) is 18.4 Å². The van der Waals surface area contributed by atoms with Crippen LogP contribution in [0, 0.1) is 17.6 Å². The molecule has 0 bridgehead atoms. The van der Waals surface area contributed by atoms with Crippen molar-refractivity contribution in [2.75, 3.05) is 26.8 Å². The van der Waals surface area contributed by atoms with Crippen LogP contribution in [0.1, 0.15) is 37.4 Å². The van der Waals surface area contributed by atoms with Crippen LogP contribution in [0.4, 0.5) is 8.78 Å². The Labute approximate surface area is 186 Å². The van der Waals surface area contributed by atoms with E-state index in [0.29, 0.717) is 16.8 Å². The third kappa shape index (κ3) is 5.37. The highest BCUT2D eigenvalue weighted by Crippen LogP contribution is 2.34. The van der Waals surface area contributed by atoms with Crippen LogP contribution < -0.4 is 0 Å². The summed E-state index contributed by atoms with van der Waals surface area (Å²) in [7, 11) is 1.52. The molecule has 0 saturated heterocycles. The number of halogens is 2. The van der Waals surface area contributed by atoms with Crippen LogP contribution in [0.2, 0.25) is 0 Å². The van der Waals surface area contributed by atoms with Crippen LogP contribution >= 0.6 is 0 Å². The maximum absolute atomic E-state index is 14.6. The Kier molecular flexibility index (Phi) is 7.69. The van der Waals surface area contributed by atoms with Gasteiger partial charge in [0.2, 0.25) is 5.91 Å². The summed E-state index contributed by atoms with van der Waals surface area (Å²) in [5.74, 6) is -1.73. The molecule has 0 fully saturated rings. The highest BCUT2D eigenvalue weighted by atomic mass is 19.1. The molecule has 0 N–H and O–H groups in total. The number of nitrogens with zero attached hydrogens (tertiary/aromatic N) is 3. The van der Waals surface area contributed by atoms with Crippen LogP contribution in [0.3, 0.4) is 0 Å². The molecule has 3 rings (SSSR count). The number of ether oxygens (including phenoxy) is 1. The molecule has 1 aliphatic rings. The number of carbonyl (C=O) groups excluding carboxylic acids is 2. The van der Waals surface area contributed by atoms with Crippen LogP contribution in [-0.2, 0) is 14.3 Å². The Morgan fingerprint density at radius 3 is 2.47 bits per heavy atom. The minimum atomic E-state index is -0.665. The van der Waals surface area contributed by atoms with Gasteiger partial charge in [0.1, 0.15) is 18.2 Å². The molecule has 0 aliphatic carbocycles. The van der Waals surface area contributed by atoms with E-state index >= 15 is 0 Å². The van der Waals surface area contributed by atoms with E-state index < -0.39 is 17.8 Å². The molecule has 8 heteroatoms. The molecule has 2 aromatic rings. The fourth-order valence-corrected chi connectivity index (χ4v) is 3.61. The van der Waals surface area contributed by atoms with Crippen molar-refractivity contribution in [3.8, 4) is 0 Å². The van der Waals surface area contributed by atoms with Gasteiger partial charge in [0.15, 0.2) is 0 Å². The van der Waals surface area contributed by atoms with Crippen LogP contribution in [0.15, 0.2) is 53.6 Å². The number of amides is 2. The van der Waals surface area contributed by atoms with Crippen molar-refractivity contribution in [3.63, 3.8) is 0 Å². The third-order valence-corrected chi connectivity index (χ3v) is 5.30. The molecule has 1 heterocycles. The molecule has 1 atom stereocenters. The average Bonchev–Trinajstić information content (AvgIpc) is 3.22. The summed E-state index contributed by atoms with van der Waals surface area (Å²) in [6.07, 6.45) is 0.272. The van der Waals surface area contributed by atoms with Crippen molar-refractivity contribution >= 4 is 17.5 Å². The van der Waals surface area contributed by atoms with Gasteiger partial charge in [-0.2, -0.15) is 5.10 Å². The lowest BCUT2D eigenvalue weighted by atomic mass is 9.98. The second kappa shape index (κ2) is 10.5. The minimum absolute atomic E-state index is 0.181. The van der Waals surface area contributed by atoms with Gasteiger partial charge in [-0.15, -0.1) is 0 Å². The molecule has 0 spiro atoms. The van der Waals surface area contributed by atoms with Gasteiger partial charge in [-0.25, -0.2) is 13.8 Å². The maximum Gasteiger partial charge on any atom is 0.262 e. The number of hydrogen-bond acceptors (Lipinski definition) is 4. The fourth-order valence-electron chi connectivity index (χ4n) is 3.61. The Balaban J connectivity index is 1.91. The summed E-state index contributed by atoms with van der Waals surface area (Å²) in [5, 5.41) is 5.71. The summed E-state index contributed by atoms with van der Waals surface area (Å²) in [5.41, 5.74) is 1.53. The van der Waals surface area contributed by atoms with Gasteiger partial charge in [0.25, 0.3) is 5.91 Å². The lowest BCUT2D eigenvalue weighted by Gasteiger charge is -2.28. The second-order valence-corrected chi connectivity index (χ2v) is 7.94. The summed E-state index contributed by atoms with van der Waals surface area (Å²) >= 11 is 0. The van der Waals surface area contributed by atoms with Crippen LogP contribution in [-0.4, -0.2) is 54.2 Å². The highest BCUT2D eigenvalue weighted by Gasteiger charge is 2.35. The van der Waals surface area contributed by atoms with Gasteiger partial charge in [-0.3, -0.25) is 9.59 Å². The molecule has 0 radical (unpaired) electrons. The lowest BCUT2D eigenvalue weighted by molar-refractivity contribution is -0.143. The zero-order chi connectivity index (χ0) is 23.3. The van der Waals surface area contributed by atoms with Crippen LogP contribution in [0.25, 0.3) is 0 Å². The van der Waals surface area contributed by atoms with Gasteiger partial charge >= 0.3 is 0 Å². The van der Waals surface area contributed by atoms with Gasteiger partial charge in [-0.1, -0.05) is 44.2 Å². The number of carbonyl (C=O) groups is 2. The first-order valence-corrected chi connectivity index (χ1v) is 10.5. The third-order valence-electron chi connectivity index (χ3n) is 5.30. The van der Waals surface area contributed by atoms with E-state index in [1.54, 1.807) is 44.2 Å². The Hall–Kier alpha value is -3.13. The fraction of sp³-hybridized carbons (Fsp3) is 0.375. The van der Waals surface area contributed by atoms with Crippen LogP contribution in [0.5, 0.6) is 0 Å². The van der Waals surface area contributed by atoms with Crippen molar-refractivity contribution in [1.29, 1.82) is 0 Å². The molecule has 32 heavy (non-hydrogen) atoms. The Morgan fingerprint density at radius 1 is 1.16 bits per heavy atom. The first-order valence-electron chi connectivity index (χ1n) is 10.5. The van der Waals surface area contributed by atoms with Crippen molar-refractivity contribution < 1.29 is 23.1 Å². The van der Waals surface area contributed by atoms with Crippen molar-refractivity contribution in [3.05, 3.63) is 71.3 Å². The zero-order valence-electron chi connectivity index (χ0n) is 18.4. The normalized spacial score (nSPS) is 15.8. The molecule has 1 aliphatic heterocycles. The average molecular weight is 443 g/mol. The first kappa shape index (κ1) is 23.5. The molecule has 170 valence electrons. The van der Waals surface area contributed by atoms with Crippen molar-refractivity contribution in [2.24, 2.45) is 11.0 Å². The van der Waals surface area contributed by atoms with E-state index in [2.05, 4.69) is 5.10 Å². The Morgan fingerprint density at radius 2 is 1.84 bits per heavy atom. The molecular weight excluding hydrogens is 416 g/mol. The predicted molar refractivity (Wildman–Crippen MR) is 117 cm³/mol. The van der Waals surface area contributed by atoms with E-state index in [1.807, 2.05) is 0 Å². The largest absolute Gasteiger partial charge is 0.383 e. The van der Waals surface area contributed by atoms with E-state index in [9.17, 15) is 18.4 Å². The molecule has 0 saturated carbocycles. The summed E-state index contributed by atoms with van der Waals surface area (Å²) < 4.78 is 33.0. The van der Waals surface area contributed by atoms with Gasteiger partial charge < -0.3 is 9.64 Å². The maximum atomic E-state index is 14.6. The van der Waals surface area contributed by atoms with Gasteiger partial charge in [-0.05, 0) is 23.8 Å². The summed E-state index contributed by atoms with van der Waals surface area (Å²) in [4.78, 5) is 27.3. The van der Waals surface area contributed by atoms with Crippen molar-refractivity contribution in [1.82, 2.24) is 9.91 Å². The molecule has 2 amide bonds. The molecule has 2 aromatic carbocycles. The smallest absolute Gasteiger partial charge is 0.262 e. The van der Waals surface area contributed by atoms with E-state index in [4.69, 9.17) is 4.74 Å².